The minimum Gasteiger partial charge on any atom is -0.318 e. The fraction of sp³-hybridized carbons (Fsp3) is 0.538. The van der Waals surface area contributed by atoms with Crippen LogP contribution in [0.5, 0.6) is 0 Å². The second-order valence-electron chi connectivity index (χ2n) is 4.37. The summed E-state index contributed by atoms with van der Waals surface area (Å²) in [6.07, 6.45) is 2.56. The third-order valence-corrected chi connectivity index (χ3v) is 3.23. The van der Waals surface area contributed by atoms with E-state index in [1.165, 1.54) is 18.4 Å². The summed E-state index contributed by atoms with van der Waals surface area (Å²) in [5.74, 6) is -0.159. The SMILES string of the molecule is CNCC(c1ccc(F)cc1)N1CCCC1. The van der Waals surface area contributed by atoms with Crippen LogP contribution in [0.2, 0.25) is 0 Å². The molecular formula is C13H19FN2. The maximum Gasteiger partial charge on any atom is 0.123 e. The zero-order chi connectivity index (χ0) is 11.4. The summed E-state index contributed by atoms with van der Waals surface area (Å²) in [5.41, 5.74) is 1.21. The normalized spacial score (nSPS) is 18.9. The zero-order valence-electron chi connectivity index (χ0n) is 9.75. The zero-order valence-corrected chi connectivity index (χ0v) is 9.75. The van der Waals surface area contributed by atoms with Gasteiger partial charge in [-0.1, -0.05) is 12.1 Å². The number of rotatable bonds is 4. The third kappa shape index (κ3) is 2.60. The highest BCUT2D eigenvalue weighted by molar-refractivity contribution is 5.20. The minimum absolute atomic E-state index is 0.159. The van der Waals surface area contributed by atoms with Crippen LogP contribution >= 0.6 is 0 Å². The van der Waals surface area contributed by atoms with Gasteiger partial charge < -0.3 is 5.32 Å². The molecule has 88 valence electrons. The second-order valence-corrected chi connectivity index (χ2v) is 4.37. The van der Waals surface area contributed by atoms with Crippen LogP contribution in [0.25, 0.3) is 0 Å². The highest BCUT2D eigenvalue weighted by atomic mass is 19.1. The standard InChI is InChI=1S/C13H19FN2/c1-15-10-13(16-8-2-3-9-16)11-4-6-12(14)7-5-11/h4-7,13,15H,2-3,8-10H2,1H3. The number of hydrogen-bond acceptors (Lipinski definition) is 2. The summed E-state index contributed by atoms with van der Waals surface area (Å²) in [4.78, 5) is 2.48. The molecule has 1 aliphatic heterocycles. The molecule has 2 rings (SSSR count). The Bertz CT molecular complexity index is 317. The van der Waals surface area contributed by atoms with Gasteiger partial charge in [-0.15, -0.1) is 0 Å². The number of halogens is 1. The van der Waals surface area contributed by atoms with Crippen molar-refractivity contribution >= 4 is 0 Å². The van der Waals surface area contributed by atoms with Gasteiger partial charge >= 0.3 is 0 Å². The molecule has 1 N–H and O–H groups in total. The lowest BCUT2D eigenvalue weighted by Crippen LogP contribution is -2.32. The molecule has 1 aliphatic rings. The first-order valence-electron chi connectivity index (χ1n) is 5.95. The summed E-state index contributed by atoms with van der Waals surface area (Å²) >= 11 is 0. The molecule has 0 bridgehead atoms. The van der Waals surface area contributed by atoms with Gasteiger partial charge in [-0.05, 0) is 50.7 Å². The van der Waals surface area contributed by atoms with Crippen molar-refractivity contribution in [3.8, 4) is 0 Å². The van der Waals surface area contributed by atoms with Crippen molar-refractivity contribution in [2.24, 2.45) is 0 Å². The Morgan fingerprint density at radius 2 is 1.88 bits per heavy atom. The maximum atomic E-state index is 12.9. The average Bonchev–Trinajstić information content (AvgIpc) is 2.81. The highest BCUT2D eigenvalue weighted by Gasteiger charge is 2.22. The maximum absolute atomic E-state index is 12.9. The first-order valence-corrected chi connectivity index (χ1v) is 5.95. The Kier molecular flexibility index (Phi) is 3.91. The number of benzene rings is 1. The van der Waals surface area contributed by atoms with E-state index in [1.807, 2.05) is 19.2 Å². The van der Waals surface area contributed by atoms with Gasteiger partial charge in [-0.2, -0.15) is 0 Å². The van der Waals surface area contributed by atoms with Crippen molar-refractivity contribution in [1.29, 1.82) is 0 Å². The minimum atomic E-state index is -0.159. The number of hydrogen-bond donors (Lipinski definition) is 1. The molecule has 1 fully saturated rings. The summed E-state index contributed by atoms with van der Waals surface area (Å²) in [6.45, 7) is 3.24. The quantitative estimate of drug-likeness (QED) is 0.840. The molecule has 0 radical (unpaired) electrons. The predicted molar refractivity (Wildman–Crippen MR) is 63.9 cm³/mol. The van der Waals surface area contributed by atoms with Gasteiger partial charge in [0.2, 0.25) is 0 Å². The topological polar surface area (TPSA) is 15.3 Å². The Balaban J connectivity index is 2.14. The number of likely N-dealkylation sites (tertiary alicyclic amines) is 1. The van der Waals surface area contributed by atoms with Crippen molar-refractivity contribution in [3.05, 3.63) is 35.6 Å². The molecule has 0 saturated carbocycles. The molecule has 3 heteroatoms. The molecule has 1 unspecified atom stereocenters. The second kappa shape index (κ2) is 5.41. The molecule has 1 heterocycles. The number of nitrogens with zero attached hydrogens (tertiary/aromatic N) is 1. The Morgan fingerprint density at radius 1 is 1.25 bits per heavy atom. The molecule has 0 amide bonds. The Labute approximate surface area is 96.5 Å². The van der Waals surface area contributed by atoms with Gasteiger partial charge in [0.15, 0.2) is 0 Å². The van der Waals surface area contributed by atoms with Crippen LogP contribution in [-0.4, -0.2) is 31.6 Å². The van der Waals surface area contributed by atoms with E-state index >= 15 is 0 Å². The van der Waals surface area contributed by atoms with Crippen molar-refractivity contribution in [2.75, 3.05) is 26.7 Å². The van der Waals surface area contributed by atoms with Gasteiger partial charge in [0, 0.05) is 12.6 Å². The van der Waals surface area contributed by atoms with Crippen LogP contribution in [0.4, 0.5) is 4.39 Å². The third-order valence-electron chi connectivity index (χ3n) is 3.23. The van der Waals surface area contributed by atoms with E-state index in [2.05, 4.69) is 10.2 Å². The lowest BCUT2D eigenvalue weighted by molar-refractivity contribution is 0.242. The van der Waals surface area contributed by atoms with Gasteiger partial charge in [0.05, 0.1) is 0 Å². The molecule has 2 nitrogen and oxygen atoms in total. The van der Waals surface area contributed by atoms with Crippen LogP contribution in [0.3, 0.4) is 0 Å². The van der Waals surface area contributed by atoms with Crippen LogP contribution in [-0.2, 0) is 0 Å². The van der Waals surface area contributed by atoms with E-state index in [4.69, 9.17) is 0 Å². The smallest absolute Gasteiger partial charge is 0.123 e. The van der Waals surface area contributed by atoms with E-state index in [9.17, 15) is 4.39 Å². The van der Waals surface area contributed by atoms with Crippen molar-refractivity contribution in [2.45, 2.75) is 18.9 Å². The summed E-state index contributed by atoms with van der Waals surface area (Å²) in [7, 11) is 1.96. The molecular weight excluding hydrogens is 203 g/mol. The van der Waals surface area contributed by atoms with E-state index in [1.54, 1.807) is 12.1 Å². The summed E-state index contributed by atoms with van der Waals surface area (Å²) in [5, 5.41) is 3.22. The van der Waals surface area contributed by atoms with E-state index in [0.717, 1.165) is 19.6 Å². The van der Waals surface area contributed by atoms with Crippen molar-refractivity contribution in [3.63, 3.8) is 0 Å². The fourth-order valence-electron chi connectivity index (χ4n) is 2.39. The Hall–Kier alpha value is -0.930. The summed E-state index contributed by atoms with van der Waals surface area (Å²) in [6, 6.07) is 7.28. The van der Waals surface area contributed by atoms with E-state index in [0.29, 0.717) is 6.04 Å². The lowest BCUT2D eigenvalue weighted by Gasteiger charge is -2.27. The van der Waals surface area contributed by atoms with Crippen LogP contribution in [0.1, 0.15) is 24.4 Å². The van der Waals surface area contributed by atoms with Crippen LogP contribution < -0.4 is 5.32 Å². The van der Waals surface area contributed by atoms with E-state index in [-0.39, 0.29) is 5.82 Å². The lowest BCUT2D eigenvalue weighted by atomic mass is 10.1. The number of likely N-dealkylation sites (N-methyl/N-ethyl adjacent to an activating group) is 1. The van der Waals surface area contributed by atoms with Gasteiger partial charge in [-0.3, -0.25) is 4.90 Å². The molecule has 0 spiro atoms. The molecule has 0 aliphatic carbocycles. The van der Waals surface area contributed by atoms with Crippen LogP contribution in [0.15, 0.2) is 24.3 Å². The largest absolute Gasteiger partial charge is 0.318 e. The highest BCUT2D eigenvalue weighted by Crippen LogP contribution is 2.24. The van der Waals surface area contributed by atoms with Gasteiger partial charge in [0.1, 0.15) is 5.82 Å². The van der Waals surface area contributed by atoms with E-state index < -0.39 is 0 Å². The number of nitrogens with one attached hydrogen (secondary N) is 1. The molecule has 1 atom stereocenters. The van der Waals surface area contributed by atoms with Gasteiger partial charge in [-0.25, -0.2) is 4.39 Å². The average molecular weight is 222 g/mol. The molecule has 0 aromatic heterocycles. The monoisotopic (exact) mass is 222 g/mol. The summed E-state index contributed by atoms with van der Waals surface area (Å²) < 4.78 is 12.9. The first-order chi connectivity index (χ1) is 7.81. The fourth-order valence-corrected chi connectivity index (χ4v) is 2.39. The van der Waals surface area contributed by atoms with Crippen molar-refractivity contribution < 1.29 is 4.39 Å². The predicted octanol–water partition coefficient (Wildman–Crippen LogP) is 2.18. The van der Waals surface area contributed by atoms with Crippen molar-refractivity contribution in [1.82, 2.24) is 10.2 Å². The Morgan fingerprint density at radius 3 is 2.44 bits per heavy atom. The molecule has 16 heavy (non-hydrogen) atoms. The molecule has 1 aromatic carbocycles. The molecule has 1 saturated heterocycles. The first kappa shape index (κ1) is 11.6. The van der Waals surface area contributed by atoms with Gasteiger partial charge in [0.25, 0.3) is 0 Å². The molecule has 1 aromatic rings. The van der Waals surface area contributed by atoms with Crippen LogP contribution in [0, 0.1) is 5.82 Å².